The van der Waals surface area contributed by atoms with Crippen molar-refractivity contribution in [2.75, 3.05) is 0 Å². The van der Waals surface area contributed by atoms with Gasteiger partial charge >= 0.3 is 5.97 Å². The number of aliphatic carboxylic acids is 1. The van der Waals surface area contributed by atoms with Crippen LogP contribution in [0.25, 0.3) is 0 Å². The van der Waals surface area contributed by atoms with E-state index in [9.17, 15) is 34.8 Å². The molecule has 0 fully saturated rings. The topological polar surface area (TPSA) is 156 Å². The molecule has 0 saturated heterocycles. The zero-order chi connectivity index (χ0) is 22.4. The van der Waals surface area contributed by atoms with Crippen LogP contribution in [0.3, 0.4) is 0 Å². The fourth-order valence-corrected chi connectivity index (χ4v) is 3.00. The molecule has 0 heterocycles. The first kappa shape index (κ1) is 22.5. The number of nitrogens with one attached hydrogen (secondary N) is 2. The van der Waals surface area contributed by atoms with Crippen molar-refractivity contribution >= 4 is 17.8 Å². The van der Waals surface area contributed by atoms with Crippen LogP contribution in [0.4, 0.5) is 0 Å². The Morgan fingerprint density at radius 2 is 1.57 bits per heavy atom. The van der Waals surface area contributed by atoms with Gasteiger partial charge in [0.15, 0.2) is 11.5 Å². The van der Waals surface area contributed by atoms with Crippen LogP contribution in [0.15, 0.2) is 42.5 Å². The molecule has 2 rings (SSSR count). The number of carboxylic acid groups (broad SMARTS) is 1. The molecular formula is C21H24N2O7. The van der Waals surface area contributed by atoms with Gasteiger partial charge in [-0.05, 0) is 35.4 Å². The van der Waals surface area contributed by atoms with Gasteiger partial charge in [0.2, 0.25) is 11.8 Å². The molecule has 0 saturated carbocycles. The van der Waals surface area contributed by atoms with E-state index in [4.69, 9.17) is 0 Å². The van der Waals surface area contributed by atoms with Gasteiger partial charge in [-0.1, -0.05) is 25.1 Å². The number of carbonyl (C=O) groups excluding carboxylic acids is 2. The lowest BCUT2D eigenvalue weighted by molar-refractivity contribution is -0.142. The first-order chi connectivity index (χ1) is 14.1. The Bertz CT molecular complexity index is 927. The SMILES string of the molecule is CC(=O)NC(C(=O)N[C@@H](Cc1ccc(O)c(O)c1)C(=O)O)C(C)c1ccc(O)cc1. The average molecular weight is 416 g/mol. The Kier molecular flexibility index (Phi) is 7.24. The van der Waals surface area contributed by atoms with Crippen molar-refractivity contribution in [1.82, 2.24) is 10.6 Å². The van der Waals surface area contributed by atoms with Gasteiger partial charge in [-0.15, -0.1) is 0 Å². The molecule has 160 valence electrons. The number of amides is 2. The zero-order valence-electron chi connectivity index (χ0n) is 16.5. The van der Waals surface area contributed by atoms with Gasteiger partial charge in [-0.2, -0.15) is 0 Å². The molecule has 2 unspecified atom stereocenters. The van der Waals surface area contributed by atoms with Gasteiger partial charge in [0.25, 0.3) is 0 Å². The van der Waals surface area contributed by atoms with Crippen molar-refractivity contribution in [3.05, 3.63) is 53.6 Å². The zero-order valence-corrected chi connectivity index (χ0v) is 16.5. The Balaban J connectivity index is 2.21. The van der Waals surface area contributed by atoms with Crippen molar-refractivity contribution in [3.63, 3.8) is 0 Å². The lowest BCUT2D eigenvalue weighted by Gasteiger charge is -2.26. The second-order valence-corrected chi connectivity index (χ2v) is 6.99. The van der Waals surface area contributed by atoms with Crippen molar-refractivity contribution in [2.24, 2.45) is 0 Å². The highest BCUT2D eigenvalue weighted by Gasteiger charge is 2.31. The van der Waals surface area contributed by atoms with Crippen LogP contribution in [0.2, 0.25) is 0 Å². The minimum absolute atomic E-state index is 0.0505. The summed E-state index contributed by atoms with van der Waals surface area (Å²) in [4.78, 5) is 36.2. The van der Waals surface area contributed by atoms with E-state index in [1.54, 1.807) is 19.1 Å². The molecule has 0 spiro atoms. The number of rotatable bonds is 8. The van der Waals surface area contributed by atoms with Gasteiger partial charge in [-0.25, -0.2) is 4.79 Å². The van der Waals surface area contributed by atoms with Crippen LogP contribution in [-0.4, -0.2) is 50.3 Å². The number of aromatic hydroxyl groups is 3. The highest BCUT2D eigenvalue weighted by molar-refractivity contribution is 5.90. The summed E-state index contributed by atoms with van der Waals surface area (Å²) in [6.07, 6.45) is -0.144. The Labute approximate surface area is 173 Å². The summed E-state index contributed by atoms with van der Waals surface area (Å²) in [5.74, 6) is -3.66. The summed E-state index contributed by atoms with van der Waals surface area (Å²) in [6, 6.07) is 7.60. The lowest BCUT2D eigenvalue weighted by atomic mass is 9.92. The molecule has 2 amide bonds. The van der Waals surface area contributed by atoms with Gasteiger partial charge < -0.3 is 31.1 Å². The molecule has 9 heteroatoms. The maximum Gasteiger partial charge on any atom is 0.326 e. The fraction of sp³-hybridized carbons (Fsp3) is 0.286. The van der Waals surface area contributed by atoms with E-state index in [0.29, 0.717) is 11.1 Å². The summed E-state index contributed by atoms with van der Waals surface area (Å²) in [7, 11) is 0. The summed E-state index contributed by atoms with van der Waals surface area (Å²) < 4.78 is 0. The van der Waals surface area contributed by atoms with E-state index in [0.717, 1.165) is 0 Å². The van der Waals surface area contributed by atoms with Crippen LogP contribution in [0, 0.1) is 0 Å². The summed E-state index contributed by atoms with van der Waals surface area (Å²) in [5.41, 5.74) is 1.05. The van der Waals surface area contributed by atoms with Crippen LogP contribution in [0.5, 0.6) is 17.2 Å². The fourth-order valence-electron chi connectivity index (χ4n) is 3.00. The van der Waals surface area contributed by atoms with Crippen LogP contribution in [-0.2, 0) is 20.8 Å². The van der Waals surface area contributed by atoms with E-state index in [1.165, 1.54) is 37.3 Å². The molecule has 0 radical (unpaired) electrons. The highest BCUT2D eigenvalue weighted by atomic mass is 16.4. The summed E-state index contributed by atoms with van der Waals surface area (Å²) in [5, 5.41) is 42.9. The molecule has 0 aromatic heterocycles. The average Bonchev–Trinajstić information content (AvgIpc) is 2.68. The van der Waals surface area contributed by atoms with E-state index < -0.39 is 41.5 Å². The Hall–Kier alpha value is -3.75. The monoisotopic (exact) mass is 416 g/mol. The molecule has 0 aliphatic carbocycles. The third kappa shape index (κ3) is 5.87. The molecule has 30 heavy (non-hydrogen) atoms. The Morgan fingerprint density at radius 3 is 2.10 bits per heavy atom. The molecule has 2 aromatic rings. The molecule has 0 aliphatic heterocycles. The standard InChI is InChI=1S/C21H24N2O7/c1-11(14-4-6-15(25)7-5-14)19(22-12(2)24)20(28)23-16(21(29)30)9-13-3-8-17(26)18(27)10-13/h3-8,10-11,16,19,25-27H,9H2,1-2H3,(H,22,24)(H,23,28)(H,29,30)/t11?,16-,19?/m0/s1. The number of hydrogen-bond donors (Lipinski definition) is 6. The van der Waals surface area contributed by atoms with Crippen LogP contribution >= 0.6 is 0 Å². The maximum absolute atomic E-state index is 12.9. The van der Waals surface area contributed by atoms with Gasteiger partial charge in [0, 0.05) is 19.3 Å². The van der Waals surface area contributed by atoms with Crippen LogP contribution in [0.1, 0.15) is 30.9 Å². The first-order valence-electron chi connectivity index (χ1n) is 9.18. The minimum Gasteiger partial charge on any atom is -0.508 e. The van der Waals surface area contributed by atoms with E-state index in [1.807, 2.05) is 0 Å². The van der Waals surface area contributed by atoms with E-state index in [-0.39, 0.29) is 17.9 Å². The molecular weight excluding hydrogens is 392 g/mol. The number of carboxylic acids is 1. The quantitative estimate of drug-likeness (QED) is 0.353. The van der Waals surface area contributed by atoms with Crippen molar-refractivity contribution in [2.45, 2.75) is 38.3 Å². The number of benzene rings is 2. The number of phenolic OH excluding ortho intramolecular Hbond substituents is 3. The summed E-state index contributed by atoms with van der Waals surface area (Å²) in [6.45, 7) is 2.94. The predicted molar refractivity (Wildman–Crippen MR) is 107 cm³/mol. The number of hydrogen-bond acceptors (Lipinski definition) is 6. The van der Waals surface area contributed by atoms with Gasteiger partial charge in [0.05, 0.1) is 0 Å². The molecule has 3 atom stereocenters. The van der Waals surface area contributed by atoms with Crippen LogP contribution < -0.4 is 10.6 Å². The normalized spacial score (nSPS) is 13.7. The smallest absolute Gasteiger partial charge is 0.326 e. The molecule has 0 bridgehead atoms. The van der Waals surface area contributed by atoms with E-state index >= 15 is 0 Å². The predicted octanol–water partition coefficient (Wildman–Crippen LogP) is 1.22. The second kappa shape index (κ2) is 9.64. The minimum atomic E-state index is -1.33. The van der Waals surface area contributed by atoms with Gasteiger partial charge in [-0.3, -0.25) is 9.59 Å². The first-order valence-corrected chi connectivity index (χ1v) is 9.18. The molecule has 2 aromatic carbocycles. The van der Waals surface area contributed by atoms with Crippen molar-refractivity contribution in [3.8, 4) is 17.2 Å². The lowest BCUT2D eigenvalue weighted by Crippen LogP contribution is -2.53. The maximum atomic E-state index is 12.9. The third-order valence-electron chi connectivity index (χ3n) is 4.65. The van der Waals surface area contributed by atoms with Gasteiger partial charge in [0.1, 0.15) is 17.8 Å². The molecule has 9 nitrogen and oxygen atoms in total. The molecule has 6 N–H and O–H groups in total. The third-order valence-corrected chi connectivity index (χ3v) is 4.65. The number of phenols is 3. The van der Waals surface area contributed by atoms with Crippen molar-refractivity contribution < 1.29 is 34.8 Å². The second-order valence-electron chi connectivity index (χ2n) is 6.99. The highest BCUT2D eigenvalue weighted by Crippen LogP contribution is 2.26. The summed E-state index contributed by atoms with van der Waals surface area (Å²) >= 11 is 0. The Morgan fingerprint density at radius 1 is 0.933 bits per heavy atom. The number of carbonyl (C=O) groups is 3. The van der Waals surface area contributed by atoms with Crippen molar-refractivity contribution in [1.29, 1.82) is 0 Å². The van der Waals surface area contributed by atoms with E-state index in [2.05, 4.69) is 10.6 Å². The largest absolute Gasteiger partial charge is 0.508 e. The molecule has 0 aliphatic rings.